The van der Waals surface area contributed by atoms with Crippen LogP contribution in [-0.4, -0.2) is 64.1 Å². The van der Waals surface area contributed by atoms with Crippen LogP contribution in [0.3, 0.4) is 0 Å². The third kappa shape index (κ3) is 4.92. The van der Waals surface area contributed by atoms with Crippen molar-refractivity contribution in [2.75, 3.05) is 47.6 Å². The maximum atomic E-state index is 5.20. The zero-order valence-corrected chi connectivity index (χ0v) is 12.4. The van der Waals surface area contributed by atoms with E-state index in [-0.39, 0.29) is 5.54 Å². The number of rotatable bonds is 10. The van der Waals surface area contributed by atoms with E-state index in [2.05, 4.69) is 31.0 Å². The van der Waals surface area contributed by atoms with Crippen molar-refractivity contribution in [3.05, 3.63) is 0 Å². The molecule has 0 bridgehead atoms. The van der Waals surface area contributed by atoms with Gasteiger partial charge in [0.15, 0.2) is 0 Å². The van der Waals surface area contributed by atoms with Crippen molar-refractivity contribution in [1.29, 1.82) is 0 Å². The monoisotopic (exact) mass is 246 g/mol. The second-order valence-corrected chi connectivity index (χ2v) is 4.69. The number of methoxy groups -OCH3 is 2. The molecular weight excluding hydrogens is 216 g/mol. The molecule has 0 amide bonds. The van der Waals surface area contributed by atoms with Gasteiger partial charge in [-0.2, -0.15) is 0 Å². The van der Waals surface area contributed by atoms with E-state index in [9.17, 15) is 0 Å². The van der Waals surface area contributed by atoms with Crippen LogP contribution in [0.15, 0.2) is 0 Å². The highest BCUT2D eigenvalue weighted by molar-refractivity contribution is 4.93. The molecule has 4 heteroatoms. The fraction of sp³-hybridized carbons (Fsp3) is 1.00. The zero-order chi connectivity index (χ0) is 13.3. The van der Waals surface area contributed by atoms with Gasteiger partial charge in [-0.3, -0.25) is 4.90 Å². The van der Waals surface area contributed by atoms with Crippen molar-refractivity contribution in [2.24, 2.45) is 0 Å². The molecule has 4 nitrogen and oxygen atoms in total. The Bertz CT molecular complexity index is 182. The first-order chi connectivity index (χ1) is 8.06. The van der Waals surface area contributed by atoms with Crippen molar-refractivity contribution < 1.29 is 9.47 Å². The van der Waals surface area contributed by atoms with E-state index in [0.29, 0.717) is 6.04 Å². The van der Waals surface area contributed by atoms with E-state index in [1.807, 2.05) is 7.05 Å². The standard InChI is InChI=1S/C13H30N2O2/c1-7-13(3,12(2)14-4)15(8-10-16-5)9-11-17-6/h12,14H,7-11H2,1-6H3. The molecule has 0 aromatic carbocycles. The van der Waals surface area contributed by atoms with Gasteiger partial charge in [-0.05, 0) is 27.3 Å². The van der Waals surface area contributed by atoms with Gasteiger partial charge in [0.1, 0.15) is 0 Å². The van der Waals surface area contributed by atoms with Gasteiger partial charge in [0.05, 0.1) is 13.2 Å². The first-order valence-corrected chi connectivity index (χ1v) is 6.47. The average Bonchev–Trinajstić information content (AvgIpc) is 2.37. The van der Waals surface area contributed by atoms with Crippen LogP contribution < -0.4 is 5.32 Å². The van der Waals surface area contributed by atoms with E-state index in [1.54, 1.807) is 14.2 Å². The van der Waals surface area contributed by atoms with Crippen molar-refractivity contribution in [2.45, 2.75) is 38.8 Å². The Morgan fingerprint density at radius 1 is 1.18 bits per heavy atom. The lowest BCUT2D eigenvalue weighted by Gasteiger charge is -2.45. The molecule has 0 fully saturated rings. The molecule has 17 heavy (non-hydrogen) atoms. The molecule has 0 rings (SSSR count). The van der Waals surface area contributed by atoms with Crippen LogP contribution in [0.4, 0.5) is 0 Å². The largest absolute Gasteiger partial charge is 0.383 e. The summed E-state index contributed by atoms with van der Waals surface area (Å²) in [6, 6.07) is 0.432. The lowest BCUT2D eigenvalue weighted by Crippen LogP contribution is -2.58. The van der Waals surface area contributed by atoms with E-state index < -0.39 is 0 Å². The van der Waals surface area contributed by atoms with Crippen LogP contribution in [0.1, 0.15) is 27.2 Å². The minimum atomic E-state index is 0.131. The molecule has 0 aliphatic heterocycles. The fourth-order valence-electron chi connectivity index (χ4n) is 2.14. The van der Waals surface area contributed by atoms with Gasteiger partial charge in [0, 0.05) is 38.9 Å². The lowest BCUT2D eigenvalue weighted by molar-refractivity contribution is 0.0225. The topological polar surface area (TPSA) is 33.7 Å². The minimum Gasteiger partial charge on any atom is -0.383 e. The Labute approximate surface area is 107 Å². The first-order valence-electron chi connectivity index (χ1n) is 6.47. The number of nitrogens with one attached hydrogen (secondary N) is 1. The predicted molar refractivity (Wildman–Crippen MR) is 72.5 cm³/mol. The second-order valence-electron chi connectivity index (χ2n) is 4.69. The molecule has 0 aliphatic carbocycles. The van der Waals surface area contributed by atoms with E-state index in [1.165, 1.54) is 0 Å². The molecular formula is C13H30N2O2. The number of hydrogen-bond acceptors (Lipinski definition) is 4. The maximum Gasteiger partial charge on any atom is 0.0589 e. The molecule has 0 aromatic heterocycles. The van der Waals surface area contributed by atoms with Gasteiger partial charge in [-0.1, -0.05) is 6.92 Å². The minimum absolute atomic E-state index is 0.131. The third-order valence-electron chi connectivity index (χ3n) is 3.93. The van der Waals surface area contributed by atoms with Gasteiger partial charge >= 0.3 is 0 Å². The first kappa shape index (κ1) is 16.8. The number of nitrogens with zero attached hydrogens (tertiary/aromatic N) is 1. The SMILES string of the molecule is CCC(C)(C(C)NC)N(CCOC)CCOC. The Balaban J connectivity index is 4.67. The predicted octanol–water partition coefficient (Wildman–Crippen LogP) is 1.36. The summed E-state index contributed by atoms with van der Waals surface area (Å²) in [6.07, 6.45) is 1.10. The van der Waals surface area contributed by atoms with Crippen LogP contribution in [0.2, 0.25) is 0 Å². The van der Waals surface area contributed by atoms with Gasteiger partial charge in [0.2, 0.25) is 0 Å². The number of ether oxygens (including phenoxy) is 2. The highest BCUT2D eigenvalue weighted by atomic mass is 16.5. The Kier molecular flexibility index (Phi) is 8.78. The van der Waals surface area contributed by atoms with Gasteiger partial charge in [-0.15, -0.1) is 0 Å². The van der Waals surface area contributed by atoms with Gasteiger partial charge < -0.3 is 14.8 Å². The van der Waals surface area contributed by atoms with Crippen LogP contribution in [-0.2, 0) is 9.47 Å². The molecule has 0 saturated heterocycles. The Morgan fingerprint density at radius 3 is 1.94 bits per heavy atom. The third-order valence-corrected chi connectivity index (χ3v) is 3.93. The fourth-order valence-corrected chi connectivity index (χ4v) is 2.14. The smallest absolute Gasteiger partial charge is 0.0589 e. The Hall–Kier alpha value is -0.160. The van der Waals surface area contributed by atoms with Crippen molar-refractivity contribution in [1.82, 2.24) is 10.2 Å². The molecule has 0 aromatic rings. The maximum absolute atomic E-state index is 5.20. The number of likely N-dealkylation sites (N-methyl/N-ethyl adjacent to an activating group) is 1. The van der Waals surface area contributed by atoms with Gasteiger partial charge in [-0.25, -0.2) is 0 Å². The lowest BCUT2D eigenvalue weighted by atomic mass is 9.88. The molecule has 0 spiro atoms. The highest BCUT2D eigenvalue weighted by Crippen LogP contribution is 2.23. The highest BCUT2D eigenvalue weighted by Gasteiger charge is 2.34. The quantitative estimate of drug-likeness (QED) is 0.631. The molecule has 0 heterocycles. The molecule has 2 unspecified atom stereocenters. The summed E-state index contributed by atoms with van der Waals surface area (Å²) in [5, 5.41) is 3.37. The summed E-state index contributed by atoms with van der Waals surface area (Å²) in [5.41, 5.74) is 0.131. The summed E-state index contributed by atoms with van der Waals surface area (Å²) >= 11 is 0. The second kappa shape index (κ2) is 8.86. The normalized spacial score (nSPS) is 17.1. The zero-order valence-electron chi connectivity index (χ0n) is 12.4. The van der Waals surface area contributed by atoms with E-state index in [4.69, 9.17) is 9.47 Å². The van der Waals surface area contributed by atoms with Crippen LogP contribution in [0.25, 0.3) is 0 Å². The number of hydrogen-bond donors (Lipinski definition) is 1. The summed E-state index contributed by atoms with van der Waals surface area (Å²) in [5.74, 6) is 0. The summed E-state index contributed by atoms with van der Waals surface area (Å²) in [7, 11) is 5.52. The molecule has 1 N–H and O–H groups in total. The van der Waals surface area contributed by atoms with Crippen LogP contribution in [0.5, 0.6) is 0 Å². The molecule has 0 radical (unpaired) electrons. The van der Waals surface area contributed by atoms with Crippen molar-refractivity contribution in [3.63, 3.8) is 0 Å². The summed E-state index contributed by atoms with van der Waals surface area (Å²) < 4.78 is 10.4. The van der Waals surface area contributed by atoms with Crippen molar-refractivity contribution >= 4 is 0 Å². The summed E-state index contributed by atoms with van der Waals surface area (Å²) in [4.78, 5) is 2.46. The van der Waals surface area contributed by atoms with Crippen molar-refractivity contribution in [3.8, 4) is 0 Å². The molecule has 0 aliphatic rings. The van der Waals surface area contributed by atoms with Gasteiger partial charge in [0.25, 0.3) is 0 Å². The molecule has 2 atom stereocenters. The molecule has 0 saturated carbocycles. The molecule has 104 valence electrons. The van der Waals surface area contributed by atoms with Crippen LogP contribution in [0, 0.1) is 0 Å². The summed E-state index contributed by atoms with van der Waals surface area (Å²) in [6.45, 7) is 10.2. The Morgan fingerprint density at radius 2 is 1.65 bits per heavy atom. The van der Waals surface area contributed by atoms with E-state index in [0.717, 1.165) is 32.7 Å². The van der Waals surface area contributed by atoms with Crippen LogP contribution >= 0.6 is 0 Å². The van der Waals surface area contributed by atoms with E-state index >= 15 is 0 Å². The average molecular weight is 246 g/mol.